The normalized spacial score (nSPS) is 25.6. The van der Waals surface area contributed by atoms with Crippen LogP contribution in [-0.2, 0) is 14.4 Å². The van der Waals surface area contributed by atoms with Gasteiger partial charge in [0.15, 0.2) is 5.37 Å². The Morgan fingerprint density at radius 3 is 2.70 bits per heavy atom. The van der Waals surface area contributed by atoms with Crippen molar-refractivity contribution in [2.24, 2.45) is 11.7 Å². The minimum Gasteiger partial charge on any atom is -0.367 e. The lowest BCUT2D eigenvalue weighted by Gasteiger charge is -2.28. The molecule has 0 radical (unpaired) electrons. The molecule has 4 N–H and O–H groups in total. The number of nitrogens with one attached hydrogen (secondary N) is 2. The van der Waals surface area contributed by atoms with Crippen molar-refractivity contribution in [1.29, 1.82) is 0 Å². The summed E-state index contributed by atoms with van der Waals surface area (Å²) in [6, 6.07) is -0.831. The van der Waals surface area contributed by atoms with Crippen LogP contribution < -0.4 is 16.4 Å². The van der Waals surface area contributed by atoms with Crippen LogP contribution in [0.25, 0.3) is 0 Å². The summed E-state index contributed by atoms with van der Waals surface area (Å²) in [5, 5.41) is 5.38. The molecule has 0 spiro atoms. The van der Waals surface area contributed by atoms with E-state index in [-0.39, 0.29) is 23.8 Å². The summed E-state index contributed by atoms with van der Waals surface area (Å²) in [6.07, 6.45) is 2.30. The Balaban J connectivity index is 2.05. The highest BCUT2D eigenvalue weighted by atomic mass is 32.2. The molecule has 0 aromatic rings. The molecular weight excluding hydrogens is 316 g/mol. The molecule has 3 atom stereocenters. The van der Waals surface area contributed by atoms with Crippen molar-refractivity contribution in [2.75, 3.05) is 18.8 Å². The molecule has 3 amide bonds. The van der Waals surface area contributed by atoms with E-state index in [1.807, 2.05) is 13.8 Å². The van der Waals surface area contributed by atoms with Gasteiger partial charge in [-0.15, -0.1) is 11.8 Å². The van der Waals surface area contributed by atoms with E-state index in [9.17, 15) is 14.4 Å². The second-order valence-corrected chi connectivity index (χ2v) is 7.68. The summed E-state index contributed by atoms with van der Waals surface area (Å²) in [5.41, 5.74) is 5.38. The number of thioether (sulfide) groups is 1. The van der Waals surface area contributed by atoms with Gasteiger partial charge in [-0.25, -0.2) is 0 Å². The third-order valence-corrected chi connectivity index (χ3v) is 5.34. The van der Waals surface area contributed by atoms with Crippen molar-refractivity contribution in [1.82, 2.24) is 15.5 Å². The standard InChI is InChI=1S/C15H26N4O3S/c1-9(2)8-11(18-13(21)10-4-3-5-17-10)14(22)19-6-7-23-15(19)12(16)20/h9-11,15,17H,3-8H2,1-2H3,(H2,16,20)(H,18,21)/t10-,11-,15?/m0/s1. The molecule has 130 valence electrons. The SMILES string of the molecule is CC(C)C[C@H](NC(=O)[C@@H]1CCCN1)C(=O)N1CCSC1C(N)=O. The zero-order valence-corrected chi connectivity index (χ0v) is 14.5. The topological polar surface area (TPSA) is 105 Å². The molecule has 2 saturated heterocycles. The monoisotopic (exact) mass is 342 g/mol. The van der Waals surface area contributed by atoms with Crippen LogP contribution in [-0.4, -0.2) is 58.9 Å². The highest BCUT2D eigenvalue weighted by Crippen LogP contribution is 2.25. The van der Waals surface area contributed by atoms with Gasteiger partial charge in [0.2, 0.25) is 11.8 Å². The van der Waals surface area contributed by atoms with Crippen molar-refractivity contribution in [2.45, 2.75) is 50.6 Å². The Morgan fingerprint density at radius 2 is 2.13 bits per heavy atom. The third kappa shape index (κ3) is 4.60. The number of hydrogen-bond donors (Lipinski definition) is 3. The number of carbonyl (C=O) groups excluding carboxylic acids is 3. The fraction of sp³-hybridized carbons (Fsp3) is 0.800. The van der Waals surface area contributed by atoms with Gasteiger partial charge in [-0.3, -0.25) is 14.4 Å². The number of nitrogens with two attached hydrogens (primary N) is 1. The molecule has 8 heteroatoms. The fourth-order valence-electron chi connectivity index (χ4n) is 3.01. The van der Waals surface area contributed by atoms with Gasteiger partial charge in [-0.2, -0.15) is 0 Å². The molecular formula is C15H26N4O3S. The van der Waals surface area contributed by atoms with Crippen LogP contribution in [0.3, 0.4) is 0 Å². The van der Waals surface area contributed by atoms with Crippen LogP contribution in [0.2, 0.25) is 0 Å². The minimum atomic E-state index is -0.626. The maximum absolute atomic E-state index is 12.8. The summed E-state index contributed by atoms with van der Waals surface area (Å²) in [7, 11) is 0. The van der Waals surface area contributed by atoms with Gasteiger partial charge in [-0.1, -0.05) is 13.8 Å². The maximum atomic E-state index is 12.8. The molecule has 23 heavy (non-hydrogen) atoms. The number of rotatable bonds is 6. The van der Waals surface area contributed by atoms with Crippen molar-refractivity contribution in [3.05, 3.63) is 0 Å². The average Bonchev–Trinajstić information content (AvgIpc) is 3.16. The Morgan fingerprint density at radius 1 is 1.39 bits per heavy atom. The number of carbonyl (C=O) groups is 3. The highest BCUT2D eigenvalue weighted by Gasteiger charge is 2.38. The zero-order valence-electron chi connectivity index (χ0n) is 13.7. The molecule has 0 aliphatic carbocycles. The van der Waals surface area contributed by atoms with Crippen LogP contribution in [0.4, 0.5) is 0 Å². The van der Waals surface area contributed by atoms with Crippen LogP contribution in [0, 0.1) is 5.92 Å². The average molecular weight is 342 g/mol. The van der Waals surface area contributed by atoms with E-state index in [2.05, 4.69) is 10.6 Å². The first-order chi connectivity index (χ1) is 10.9. The number of primary amides is 1. The zero-order chi connectivity index (χ0) is 17.0. The summed E-state index contributed by atoms with van der Waals surface area (Å²) >= 11 is 1.37. The van der Waals surface area contributed by atoms with E-state index in [1.165, 1.54) is 16.7 Å². The smallest absolute Gasteiger partial charge is 0.250 e. The van der Waals surface area contributed by atoms with Gasteiger partial charge < -0.3 is 21.3 Å². The van der Waals surface area contributed by atoms with Gasteiger partial charge in [0.25, 0.3) is 5.91 Å². The van der Waals surface area contributed by atoms with E-state index in [1.54, 1.807) is 0 Å². The molecule has 2 heterocycles. The maximum Gasteiger partial charge on any atom is 0.250 e. The van der Waals surface area contributed by atoms with Crippen LogP contribution in [0.15, 0.2) is 0 Å². The number of nitrogens with zero attached hydrogens (tertiary/aromatic N) is 1. The van der Waals surface area contributed by atoms with Gasteiger partial charge >= 0.3 is 0 Å². The van der Waals surface area contributed by atoms with Gasteiger partial charge in [-0.05, 0) is 31.7 Å². The second kappa shape index (κ2) is 8.01. The molecule has 2 aliphatic rings. The molecule has 0 saturated carbocycles. The summed E-state index contributed by atoms with van der Waals surface area (Å²) in [6.45, 7) is 5.33. The predicted octanol–water partition coefficient (Wildman–Crippen LogP) is -0.344. The summed E-state index contributed by atoms with van der Waals surface area (Å²) in [4.78, 5) is 38.2. The predicted molar refractivity (Wildman–Crippen MR) is 89.6 cm³/mol. The van der Waals surface area contributed by atoms with Crippen molar-refractivity contribution in [3.63, 3.8) is 0 Å². The first-order valence-electron chi connectivity index (χ1n) is 8.15. The van der Waals surface area contributed by atoms with Crippen LogP contribution in [0.1, 0.15) is 33.1 Å². The first kappa shape index (κ1) is 18.1. The van der Waals surface area contributed by atoms with Crippen LogP contribution >= 0.6 is 11.8 Å². The lowest BCUT2D eigenvalue weighted by molar-refractivity contribution is -0.139. The quantitative estimate of drug-likeness (QED) is 0.612. The Labute approximate surface area is 141 Å². The Hall–Kier alpha value is -1.28. The van der Waals surface area contributed by atoms with Crippen molar-refractivity contribution >= 4 is 29.5 Å². The molecule has 0 bridgehead atoms. The Kier molecular flexibility index (Phi) is 6.29. The highest BCUT2D eigenvalue weighted by molar-refractivity contribution is 8.00. The third-order valence-electron chi connectivity index (χ3n) is 4.12. The summed E-state index contributed by atoms with van der Waals surface area (Å²) in [5.74, 6) is 0.0881. The Bertz CT molecular complexity index is 466. The van der Waals surface area contributed by atoms with E-state index in [0.29, 0.717) is 18.7 Å². The number of amides is 3. The van der Waals surface area contributed by atoms with E-state index >= 15 is 0 Å². The largest absolute Gasteiger partial charge is 0.367 e. The molecule has 2 fully saturated rings. The van der Waals surface area contributed by atoms with Crippen LogP contribution in [0.5, 0.6) is 0 Å². The molecule has 1 unspecified atom stereocenters. The van der Waals surface area contributed by atoms with Crippen molar-refractivity contribution < 1.29 is 14.4 Å². The molecule has 7 nitrogen and oxygen atoms in total. The lowest BCUT2D eigenvalue weighted by Crippen LogP contribution is -2.55. The van der Waals surface area contributed by atoms with E-state index in [0.717, 1.165) is 19.4 Å². The van der Waals surface area contributed by atoms with E-state index in [4.69, 9.17) is 5.73 Å². The second-order valence-electron chi connectivity index (χ2n) is 6.50. The molecule has 0 aromatic carbocycles. The van der Waals surface area contributed by atoms with Gasteiger partial charge in [0.1, 0.15) is 6.04 Å². The van der Waals surface area contributed by atoms with Gasteiger partial charge in [0.05, 0.1) is 6.04 Å². The first-order valence-corrected chi connectivity index (χ1v) is 9.20. The molecule has 0 aromatic heterocycles. The summed E-state index contributed by atoms with van der Waals surface area (Å²) < 4.78 is 0. The molecule has 2 aliphatic heterocycles. The minimum absolute atomic E-state index is 0.135. The lowest BCUT2D eigenvalue weighted by atomic mass is 10.0. The van der Waals surface area contributed by atoms with Crippen molar-refractivity contribution in [3.8, 4) is 0 Å². The number of hydrogen-bond acceptors (Lipinski definition) is 5. The molecule has 2 rings (SSSR count). The van der Waals surface area contributed by atoms with E-state index < -0.39 is 17.3 Å². The fourth-order valence-corrected chi connectivity index (χ4v) is 4.08. The van der Waals surface area contributed by atoms with Gasteiger partial charge in [0, 0.05) is 12.3 Å².